The van der Waals surface area contributed by atoms with Gasteiger partial charge in [-0.1, -0.05) is 0 Å². The third kappa shape index (κ3) is 4.48. The van der Waals surface area contributed by atoms with Crippen molar-refractivity contribution in [2.75, 3.05) is 6.54 Å². The Kier molecular flexibility index (Phi) is 6.32. The quantitative estimate of drug-likeness (QED) is 0.816. The minimum Gasteiger partial charge on any atom is -0.488 e. The van der Waals surface area contributed by atoms with Gasteiger partial charge < -0.3 is 10.5 Å². The zero-order valence-corrected chi connectivity index (χ0v) is 9.46. The lowest BCUT2D eigenvalue weighted by atomic mass is 10.4. The molecule has 82 valence electrons. The number of rotatable bonds is 5. The van der Waals surface area contributed by atoms with Crippen molar-refractivity contribution in [2.24, 2.45) is 5.73 Å². The van der Waals surface area contributed by atoms with Crippen molar-refractivity contribution in [2.45, 2.75) is 32.9 Å². The van der Waals surface area contributed by atoms with Crippen LogP contribution in [0.15, 0.2) is 12.4 Å². The molecule has 1 aromatic rings. The van der Waals surface area contributed by atoms with E-state index in [1.165, 1.54) is 0 Å². The van der Waals surface area contributed by atoms with Crippen molar-refractivity contribution in [1.29, 1.82) is 0 Å². The Morgan fingerprint density at radius 2 is 2.29 bits per heavy atom. The monoisotopic (exact) mass is 219 g/mol. The molecular weight excluding hydrogens is 202 g/mol. The third-order valence-corrected chi connectivity index (χ3v) is 1.57. The molecule has 0 fully saturated rings. The number of aromatic nitrogens is 2. The molecule has 0 saturated carbocycles. The van der Waals surface area contributed by atoms with Crippen molar-refractivity contribution >= 4 is 12.4 Å². The van der Waals surface area contributed by atoms with Gasteiger partial charge in [0.05, 0.1) is 18.5 Å². The van der Waals surface area contributed by atoms with Crippen molar-refractivity contribution in [1.82, 2.24) is 9.78 Å². The fourth-order valence-electron chi connectivity index (χ4n) is 1.05. The molecule has 0 aromatic carbocycles. The van der Waals surface area contributed by atoms with Crippen LogP contribution in [-0.2, 0) is 6.54 Å². The van der Waals surface area contributed by atoms with Gasteiger partial charge in [-0.25, -0.2) is 0 Å². The smallest absolute Gasteiger partial charge is 0.157 e. The van der Waals surface area contributed by atoms with E-state index in [9.17, 15) is 0 Å². The van der Waals surface area contributed by atoms with Gasteiger partial charge in [-0.2, -0.15) is 5.10 Å². The van der Waals surface area contributed by atoms with E-state index in [2.05, 4.69) is 5.10 Å². The summed E-state index contributed by atoms with van der Waals surface area (Å²) in [4.78, 5) is 0. The average Bonchev–Trinajstić information content (AvgIpc) is 2.48. The molecule has 0 unspecified atom stereocenters. The van der Waals surface area contributed by atoms with Crippen LogP contribution in [-0.4, -0.2) is 22.4 Å². The SMILES string of the molecule is CC(C)Oc1cnn(CCCN)c1.Cl. The van der Waals surface area contributed by atoms with Crippen LogP contribution in [0.25, 0.3) is 0 Å². The normalized spacial score (nSPS) is 10.0. The molecule has 1 rings (SSSR count). The molecule has 4 nitrogen and oxygen atoms in total. The molecule has 5 heteroatoms. The summed E-state index contributed by atoms with van der Waals surface area (Å²) in [6.07, 6.45) is 4.78. The fraction of sp³-hybridized carbons (Fsp3) is 0.667. The van der Waals surface area contributed by atoms with Crippen molar-refractivity contribution in [3.63, 3.8) is 0 Å². The van der Waals surface area contributed by atoms with Gasteiger partial charge in [0.1, 0.15) is 0 Å². The molecule has 1 heterocycles. The molecule has 0 radical (unpaired) electrons. The summed E-state index contributed by atoms with van der Waals surface area (Å²) < 4.78 is 7.31. The molecule has 14 heavy (non-hydrogen) atoms. The molecule has 0 spiro atoms. The van der Waals surface area contributed by atoms with E-state index in [1.807, 2.05) is 24.7 Å². The predicted molar refractivity (Wildman–Crippen MR) is 58.9 cm³/mol. The van der Waals surface area contributed by atoms with Crippen LogP contribution in [0.2, 0.25) is 0 Å². The Hall–Kier alpha value is -0.740. The highest BCUT2D eigenvalue weighted by Crippen LogP contribution is 2.10. The Labute approximate surface area is 90.8 Å². The summed E-state index contributed by atoms with van der Waals surface area (Å²) in [6.45, 7) is 5.55. The highest BCUT2D eigenvalue weighted by atomic mass is 35.5. The second-order valence-electron chi connectivity index (χ2n) is 3.25. The van der Waals surface area contributed by atoms with Crippen LogP contribution in [0.1, 0.15) is 20.3 Å². The summed E-state index contributed by atoms with van der Waals surface area (Å²) >= 11 is 0. The Balaban J connectivity index is 0.00000169. The second kappa shape index (κ2) is 6.68. The second-order valence-corrected chi connectivity index (χ2v) is 3.25. The van der Waals surface area contributed by atoms with Crippen LogP contribution >= 0.6 is 12.4 Å². The standard InChI is InChI=1S/C9H17N3O.ClH/c1-8(2)13-9-6-11-12(7-9)5-3-4-10;/h6-8H,3-5,10H2,1-2H3;1H. The molecule has 0 aliphatic carbocycles. The van der Waals surface area contributed by atoms with E-state index in [1.54, 1.807) is 6.20 Å². The van der Waals surface area contributed by atoms with Crippen molar-refractivity contribution in [3.8, 4) is 5.75 Å². The number of hydrogen-bond donors (Lipinski definition) is 1. The topological polar surface area (TPSA) is 53.1 Å². The van der Waals surface area contributed by atoms with E-state index in [0.717, 1.165) is 18.7 Å². The molecule has 0 atom stereocenters. The van der Waals surface area contributed by atoms with E-state index in [0.29, 0.717) is 6.54 Å². The number of nitrogens with zero attached hydrogens (tertiary/aromatic N) is 2. The highest BCUT2D eigenvalue weighted by molar-refractivity contribution is 5.85. The fourth-order valence-corrected chi connectivity index (χ4v) is 1.05. The first kappa shape index (κ1) is 13.3. The van der Waals surface area contributed by atoms with Crippen molar-refractivity contribution < 1.29 is 4.74 Å². The lowest BCUT2D eigenvalue weighted by Gasteiger charge is -2.05. The van der Waals surface area contributed by atoms with Gasteiger partial charge in [0.2, 0.25) is 0 Å². The molecular formula is C9H18ClN3O. The highest BCUT2D eigenvalue weighted by Gasteiger charge is 2.00. The van der Waals surface area contributed by atoms with Gasteiger partial charge in [0.25, 0.3) is 0 Å². The lowest BCUT2D eigenvalue weighted by molar-refractivity contribution is 0.242. The number of aryl methyl sites for hydroxylation is 1. The van der Waals surface area contributed by atoms with Gasteiger partial charge in [0.15, 0.2) is 5.75 Å². The maximum absolute atomic E-state index is 5.46. The van der Waals surface area contributed by atoms with E-state index >= 15 is 0 Å². The first-order valence-electron chi connectivity index (χ1n) is 4.61. The molecule has 2 N–H and O–H groups in total. The van der Waals surface area contributed by atoms with E-state index in [-0.39, 0.29) is 18.5 Å². The predicted octanol–water partition coefficient (Wildman–Crippen LogP) is 1.44. The maximum Gasteiger partial charge on any atom is 0.157 e. The molecule has 0 aliphatic heterocycles. The van der Waals surface area contributed by atoms with Gasteiger partial charge in [-0.3, -0.25) is 4.68 Å². The van der Waals surface area contributed by atoms with Gasteiger partial charge in [-0.05, 0) is 26.8 Å². The first-order valence-corrected chi connectivity index (χ1v) is 4.61. The van der Waals surface area contributed by atoms with Gasteiger partial charge in [-0.15, -0.1) is 12.4 Å². The minimum absolute atomic E-state index is 0. The van der Waals surface area contributed by atoms with Crippen LogP contribution < -0.4 is 10.5 Å². The van der Waals surface area contributed by atoms with E-state index in [4.69, 9.17) is 10.5 Å². The maximum atomic E-state index is 5.46. The summed E-state index contributed by atoms with van der Waals surface area (Å²) in [5, 5.41) is 4.14. The Morgan fingerprint density at radius 1 is 1.57 bits per heavy atom. The Bertz CT molecular complexity index is 250. The average molecular weight is 220 g/mol. The largest absolute Gasteiger partial charge is 0.488 e. The minimum atomic E-state index is 0. The Morgan fingerprint density at radius 3 is 2.86 bits per heavy atom. The van der Waals surface area contributed by atoms with Gasteiger partial charge in [0, 0.05) is 6.54 Å². The van der Waals surface area contributed by atoms with E-state index < -0.39 is 0 Å². The first-order chi connectivity index (χ1) is 6.22. The summed E-state index contributed by atoms with van der Waals surface area (Å²) in [6, 6.07) is 0. The summed E-state index contributed by atoms with van der Waals surface area (Å²) in [7, 11) is 0. The summed E-state index contributed by atoms with van der Waals surface area (Å²) in [5.41, 5.74) is 5.39. The van der Waals surface area contributed by atoms with Crippen molar-refractivity contribution in [3.05, 3.63) is 12.4 Å². The van der Waals surface area contributed by atoms with Crippen LogP contribution in [0.4, 0.5) is 0 Å². The number of ether oxygens (including phenoxy) is 1. The zero-order chi connectivity index (χ0) is 9.68. The zero-order valence-electron chi connectivity index (χ0n) is 8.64. The van der Waals surface area contributed by atoms with Gasteiger partial charge >= 0.3 is 0 Å². The third-order valence-electron chi connectivity index (χ3n) is 1.57. The number of nitrogens with two attached hydrogens (primary N) is 1. The molecule has 0 amide bonds. The summed E-state index contributed by atoms with van der Waals surface area (Å²) in [5.74, 6) is 0.826. The molecule has 0 aliphatic rings. The van der Waals surface area contributed by atoms with Crippen LogP contribution in [0.5, 0.6) is 5.75 Å². The van der Waals surface area contributed by atoms with Crippen LogP contribution in [0.3, 0.4) is 0 Å². The number of halogens is 1. The van der Waals surface area contributed by atoms with Crippen LogP contribution in [0, 0.1) is 0 Å². The molecule has 1 aromatic heterocycles. The lowest BCUT2D eigenvalue weighted by Crippen LogP contribution is -2.06. The molecule has 0 bridgehead atoms. The molecule has 0 saturated heterocycles. The number of hydrogen-bond acceptors (Lipinski definition) is 3.